The second-order valence-corrected chi connectivity index (χ2v) is 5.21. The molecule has 1 aliphatic rings. The van der Waals surface area contributed by atoms with Gasteiger partial charge in [-0.2, -0.15) is 0 Å². The number of carbonyl (C=O) groups excluding carboxylic acids is 1. The van der Waals surface area contributed by atoms with E-state index < -0.39 is 0 Å². The first-order chi connectivity index (χ1) is 9.74. The van der Waals surface area contributed by atoms with Gasteiger partial charge < -0.3 is 16.0 Å². The van der Waals surface area contributed by atoms with Crippen molar-refractivity contribution in [2.45, 2.75) is 19.3 Å². The van der Waals surface area contributed by atoms with Crippen molar-refractivity contribution < 1.29 is 9.18 Å². The smallest absolute Gasteiger partial charge is 0.314 e. The summed E-state index contributed by atoms with van der Waals surface area (Å²) in [7, 11) is 0. The minimum absolute atomic E-state index is 0.139. The molecular formula is C15H22FN3O. The molecule has 2 rings (SSSR count). The summed E-state index contributed by atoms with van der Waals surface area (Å²) >= 11 is 0. The van der Waals surface area contributed by atoms with E-state index in [0.717, 1.165) is 38.0 Å². The quantitative estimate of drug-likeness (QED) is 0.768. The summed E-state index contributed by atoms with van der Waals surface area (Å²) in [4.78, 5) is 11.6. The van der Waals surface area contributed by atoms with E-state index in [4.69, 9.17) is 0 Å². The normalized spacial score (nSPS) is 15.8. The fourth-order valence-corrected chi connectivity index (χ4v) is 2.40. The molecule has 0 bridgehead atoms. The maximum absolute atomic E-state index is 13.0. The zero-order chi connectivity index (χ0) is 14.2. The summed E-state index contributed by atoms with van der Waals surface area (Å²) in [6.07, 6.45) is 2.87. The number of nitrogens with one attached hydrogen (secondary N) is 3. The van der Waals surface area contributed by atoms with Gasteiger partial charge in [0.05, 0.1) is 0 Å². The molecule has 4 nitrogen and oxygen atoms in total. The molecule has 1 aromatic carbocycles. The number of benzene rings is 1. The number of piperidine rings is 1. The third-order valence-electron chi connectivity index (χ3n) is 3.60. The molecule has 0 aromatic heterocycles. The molecule has 0 unspecified atom stereocenters. The number of urea groups is 1. The molecule has 0 radical (unpaired) electrons. The second kappa shape index (κ2) is 7.85. The lowest BCUT2D eigenvalue weighted by Gasteiger charge is -2.22. The van der Waals surface area contributed by atoms with Gasteiger partial charge in [-0.05, 0) is 56.0 Å². The Morgan fingerprint density at radius 3 is 2.85 bits per heavy atom. The van der Waals surface area contributed by atoms with Crippen LogP contribution in [0.25, 0.3) is 0 Å². The lowest BCUT2D eigenvalue weighted by atomic mass is 9.98. The number of carbonyl (C=O) groups is 1. The molecule has 110 valence electrons. The molecule has 0 spiro atoms. The SMILES string of the molecule is O=C(NCCc1cccc(F)c1)NCC1CCNCC1. The van der Waals surface area contributed by atoms with Crippen LogP contribution < -0.4 is 16.0 Å². The van der Waals surface area contributed by atoms with Gasteiger partial charge in [-0.25, -0.2) is 9.18 Å². The zero-order valence-electron chi connectivity index (χ0n) is 11.6. The monoisotopic (exact) mass is 279 g/mol. The number of rotatable bonds is 5. The largest absolute Gasteiger partial charge is 0.338 e. The van der Waals surface area contributed by atoms with Gasteiger partial charge in [0.25, 0.3) is 0 Å². The van der Waals surface area contributed by atoms with Gasteiger partial charge in [-0.3, -0.25) is 0 Å². The Labute approximate surface area is 119 Å². The maximum Gasteiger partial charge on any atom is 0.314 e. The molecule has 0 saturated carbocycles. The summed E-state index contributed by atoms with van der Waals surface area (Å²) in [5.74, 6) is 0.336. The molecule has 1 fully saturated rings. The van der Waals surface area contributed by atoms with Gasteiger partial charge in [-0.1, -0.05) is 12.1 Å². The number of hydrogen-bond acceptors (Lipinski definition) is 2. The van der Waals surface area contributed by atoms with Gasteiger partial charge >= 0.3 is 6.03 Å². The van der Waals surface area contributed by atoms with Crippen LogP contribution in [-0.4, -0.2) is 32.2 Å². The van der Waals surface area contributed by atoms with Gasteiger partial charge in [0.2, 0.25) is 0 Å². The van der Waals surface area contributed by atoms with E-state index in [2.05, 4.69) is 16.0 Å². The van der Waals surface area contributed by atoms with Gasteiger partial charge in [0, 0.05) is 13.1 Å². The van der Waals surface area contributed by atoms with Crippen LogP contribution in [0.15, 0.2) is 24.3 Å². The highest BCUT2D eigenvalue weighted by atomic mass is 19.1. The van der Waals surface area contributed by atoms with Crippen molar-refractivity contribution in [2.24, 2.45) is 5.92 Å². The summed E-state index contributed by atoms with van der Waals surface area (Å²) in [5, 5.41) is 9.00. The first kappa shape index (κ1) is 14.8. The van der Waals surface area contributed by atoms with Crippen LogP contribution in [0, 0.1) is 11.7 Å². The summed E-state index contributed by atoms with van der Waals surface area (Å²) in [5.41, 5.74) is 0.892. The van der Waals surface area contributed by atoms with E-state index in [1.165, 1.54) is 12.1 Å². The van der Waals surface area contributed by atoms with Crippen LogP contribution in [-0.2, 0) is 6.42 Å². The van der Waals surface area contributed by atoms with Crippen molar-refractivity contribution in [2.75, 3.05) is 26.2 Å². The molecule has 3 N–H and O–H groups in total. The highest BCUT2D eigenvalue weighted by Gasteiger charge is 2.13. The fraction of sp³-hybridized carbons (Fsp3) is 0.533. The molecule has 1 heterocycles. The minimum Gasteiger partial charge on any atom is -0.338 e. The van der Waals surface area contributed by atoms with Crippen LogP contribution in [0.1, 0.15) is 18.4 Å². The molecular weight excluding hydrogens is 257 g/mol. The van der Waals surface area contributed by atoms with Crippen LogP contribution in [0.2, 0.25) is 0 Å². The summed E-state index contributed by atoms with van der Waals surface area (Å²) in [6.45, 7) is 3.32. The van der Waals surface area contributed by atoms with E-state index in [9.17, 15) is 9.18 Å². The molecule has 0 aliphatic carbocycles. The van der Waals surface area contributed by atoms with Crippen LogP contribution in [0.3, 0.4) is 0 Å². The van der Waals surface area contributed by atoms with Crippen molar-refractivity contribution in [1.82, 2.24) is 16.0 Å². The van der Waals surface area contributed by atoms with Crippen molar-refractivity contribution >= 4 is 6.03 Å². The number of hydrogen-bond donors (Lipinski definition) is 3. The van der Waals surface area contributed by atoms with E-state index in [-0.39, 0.29) is 11.8 Å². The molecule has 0 atom stereocenters. The van der Waals surface area contributed by atoms with Crippen LogP contribution in [0.5, 0.6) is 0 Å². The molecule has 1 aromatic rings. The molecule has 2 amide bonds. The second-order valence-electron chi connectivity index (χ2n) is 5.21. The van der Waals surface area contributed by atoms with Crippen molar-refractivity contribution in [3.05, 3.63) is 35.6 Å². The van der Waals surface area contributed by atoms with Crippen molar-refractivity contribution in [3.63, 3.8) is 0 Å². The Morgan fingerprint density at radius 1 is 1.30 bits per heavy atom. The predicted molar refractivity (Wildman–Crippen MR) is 77.1 cm³/mol. The van der Waals surface area contributed by atoms with E-state index in [0.29, 0.717) is 18.9 Å². The number of halogens is 1. The van der Waals surface area contributed by atoms with Crippen LogP contribution >= 0.6 is 0 Å². The first-order valence-electron chi connectivity index (χ1n) is 7.21. The Kier molecular flexibility index (Phi) is 5.80. The third kappa shape index (κ3) is 5.17. The summed E-state index contributed by atoms with van der Waals surface area (Å²) in [6, 6.07) is 6.32. The van der Waals surface area contributed by atoms with Gasteiger partial charge in [0.1, 0.15) is 5.82 Å². The van der Waals surface area contributed by atoms with Crippen LogP contribution in [0.4, 0.5) is 9.18 Å². The lowest BCUT2D eigenvalue weighted by molar-refractivity contribution is 0.237. The fourth-order valence-electron chi connectivity index (χ4n) is 2.40. The molecule has 1 aliphatic heterocycles. The van der Waals surface area contributed by atoms with Crippen molar-refractivity contribution in [3.8, 4) is 0 Å². The lowest BCUT2D eigenvalue weighted by Crippen LogP contribution is -2.41. The molecule has 20 heavy (non-hydrogen) atoms. The third-order valence-corrected chi connectivity index (χ3v) is 3.60. The predicted octanol–water partition coefficient (Wildman–Crippen LogP) is 1.67. The summed E-state index contributed by atoms with van der Waals surface area (Å²) < 4.78 is 13.0. The molecule has 1 saturated heterocycles. The average Bonchev–Trinajstić information content (AvgIpc) is 2.46. The van der Waals surface area contributed by atoms with Gasteiger partial charge in [-0.15, -0.1) is 0 Å². The van der Waals surface area contributed by atoms with E-state index >= 15 is 0 Å². The highest BCUT2D eigenvalue weighted by molar-refractivity contribution is 5.73. The average molecular weight is 279 g/mol. The Balaban J connectivity index is 1.60. The van der Waals surface area contributed by atoms with Crippen molar-refractivity contribution in [1.29, 1.82) is 0 Å². The minimum atomic E-state index is -0.238. The van der Waals surface area contributed by atoms with Gasteiger partial charge in [0.15, 0.2) is 0 Å². The Hall–Kier alpha value is -1.62. The van der Waals surface area contributed by atoms with E-state index in [1.54, 1.807) is 6.07 Å². The topological polar surface area (TPSA) is 53.2 Å². The zero-order valence-corrected chi connectivity index (χ0v) is 11.6. The standard InChI is InChI=1S/C15H22FN3O/c16-14-3-1-2-12(10-14)6-9-18-15(20)19-11-13-4-7-17-8-5-13/h1-3,10,13,17H,4-9,11H2,(H2,18,19,20). The Bertz CT molecular complexity index is 433. The number of amides is 2. The maximum atomic E-state index is 13.0. The highest BCUT2D eigenvalue weighted by Crippen LogP contribution is 2.09. The first-order valence-corrected chi connectivity index (χ1v) is 7.21. The molecule has 5 heteroatoms. The van der Waals surface area contributed by atoms with E-state index in [1.807, 2.05) is 6.07 Å². The Morgan fingerprint density at radius 2 is 2.10 bits per heavy atom.